The maximum Gasteiger partial charge on any atom is 0.303 e. The Kier molecular flexibility index (Phi) is 4.10. The predicted molar refractivity (Wildman–Crippen MR) is 93.9 cm³/mol. The summed E-state index contributed by atoms with van der Waals surface area (Å²) in [7, 11) is 0. The molecule has 138 valence electrons. The summed E-state index contributed by atoms with van der Waals surface area (Å²) in [4.78, 5) is 22.8. The van der Waals surface area contributed by atoms with Gasteiger partial charge in [0.2, 0.25) is 0 Å². The van der Waals surface area contributed by atoms with Gasteiger partial charge in [-0.3, -0.25) is 9.59 Å². The summed E-state index contributed by atoms with van der Waals surface area (Å²) < 4.78 is 0. The number of ketones is 1. The van der Waals surface area contributed by atoms with Crippen LogP contribution in [0.1, 0.15) is 71.1 Å². The van der Waals surface area contributed by atoms with Gasteiger partial charge in [0, 0.05) is 12.8 Å². The van der Waals surface area contributed by atoms with Crippen molar-refractivity contribution in [2.45, 2.75) is 76.7 Å². The number of carboxylic acids is 1. The number of hydrogen-bond donors (Lipinski definition) is 2. The minimum absolute atomic E-state index is 0.0600. The molecular formula is C21H30O4. The third-order valence-electron chi connectivity index (χ3n) is 8.37. The molecule has 0 radical (unpaired) electrons. The van der Waals surface area contributed by atoms with Gasteiger partial charge in [0.15, 0.2) is 5.78 Å². The van der Waals surface area contributed by atoms with Crippen LogP contribution in [0.25, 0.3) is 0 Å². The van der Waals surface area contributed by atoms with Crippen LogP contribution in [0.3, 0.4) is 0 Å². The molecule has 4 heteroatoms. The Bertz CT molecular complexity index is 623. The zero-order chi connectivity index (χ0) is 17.8. The summed E-state index contributed by atoms with van der Waals surface area (Å²) in [6.45, 7) is 2.22. The molecule has 0 spiro atoms. The molecule has 6 atom stereocenters. The van der Waals surface area contributed by atoms with Gasteiger partial charge in [0.1, 0.15) is 0 Å². The van der Waals surface area contributed by atoms with E-state index in [2.05, 4.69) is 6.92 Å². The van der Waals surface area contributed by atoms with E-state index in [1.165, 1.54) is 5.57 Å². The fraction of sp³-hybridized carbons (Fsp3) is 0.810. The van der Waals surface area contributed by atoms with Gasteiger partial charge in [0.05, 0.1) is 5.60 Å². The molecule has 0 amide bonds. The van der Waals surface area contributed by atoms with Crippen LogP contribution in [0.4, 0.5) is 0 Å². The molecule has 0 unspecified atom stereocenters. The first-order chi connectivity index (χ1) is 11.8. The molecule has 0 aliphatic heterocycles. The van der Waals surface area contributed by atoms with E-state index >= 15 is 0 Å². The smallest absolute Gasteiger partial charge is 0.303 e. The molecular weight excluding hydrogens is 316 g/mol. The monoisotopic (exact) mass is 346 g/mol. The number of hydrogen-bond acceptors (Lipinski definition) is 3. The zero-order valence-corrected chi connectivity index (χ0v) is 15.2. The minimum Gasteiger partial charge on any atom is -0.481 e. The summed E-state index contributed by atoms with van der Waals surface area (Å²) in [5.74, 6) is 1.86. The molecule has 4 nitrogen and oxygen atoms in total. The summed E-state index contributed by atoms with van der Waals surface area (Å²) in [5, 5.41) is 20.4. The van der Waals surface area contributed by atoms with Gasteiger partial charge < -0.3 is 10.2 Å². The van der Waals surface area contributed by atoms with Crippen molar-refractivity contribution in [3.05, 3.63) is 11.6 Å². The second kappa shape index (κ2) is 5.94. The molecule has 0 bridgehead atoms. The van der Waals surface area contributed by atoms with E-state index in [-0.39, 0.29) is 11.8 Å². The summed E-state index contributed by atoms with van der Waals surface area (Å²) >= 11 is 0. The lowest BCUT2D eigenvalue weighted by atomic mass is 9.50. The predicted octanol–water partition coefficient (Wildman–Crippen LogP) is 3.72. The molecule has 0 heterocycles. The second-order valence-electron chi connectivity index (χ2n) is 9.22. The third-order valence-corrected chi connectivity index (χ3v) is 8.37. The highest BCUT2D eigenvalue weighted by molar-refractivity contribution is 5.91. The van der Waals surface area contributed by atoms with E-state index in [9.17, 15) is 14.7 Å². The maximum atomic E-state index is 11.8. The van der Waals surface area contributed by atoms with E-state index < -0.39 is 11.6 Å². The van der Waals surface area contributed by atoms with Crippen molar-refractivity contribution in [2.75, 3.05) is 0 Å². The van der Waals surface area contributed by atoms with E-state index in [1.54, 1.807) is 0 Å². The number of allylic oxidation sites excluding steroid dienone is 1. The lowest BCUT2D eigenvalue weighted by Crippen LogP contribution is -2.52. The number of carbonyl (C=O) groups is 2. The Hall–Kier alpha value is -1.16. The molecule has 0 aromatic carbocycles. The van der Waals surface area contributed by atoms with Crippen molar-refractivity contribution in [1.29, 1.82) is 0 Å². The molecule has 0 saturated heterocycles. The maximum absolute atomic E-state index is 11.8. The average molecular weight is 346 g/mol. The molecule has 3 fully saturated rings. The molecule has 0 aromatic rings. The van der Waals surface area contributed by atoms with E-state index in [0.29, 0.717) is 42.3 Å². The highest BCUT2D eigenvalue weighted by Gasteiger charge is 2.61. The van der Waals surface area contributed by atoms with E-state index in [4.69, 9.17) is 5.11 Å². The number of aliphatic hydroxyl groups is 1. The fourth-order valence-corrected chi connectivity index (χ4v) is 7.02. The van der Waals surface area contributed by atoms with E-state index in [0.717, 1.165) is 44.9 Å². The Morgan fingerprint density at radius 3 is 2.72 bits per heavy atom. The first-order valence-electron chi connectivity index (χ1n) is 10.0. The summed E-state index contributed by atoms with van der Waals surface area (Å²) in [6, 6.07) is 0. The molecule has 4 aliphatic rings. The topological polar surface area (TPSA) is 74.6 Å². The van der Waals surface area contributed by atoms with Crippen LogP contribution < -0.4 is 0 Å². The van der Waals surface area contributed by atoms with Gasteiger partial charge in [-0.2, -0.15) is 0 Å². The van der Waals surface area contributed by atoms with Gasteiger partial charge in [-0.15, -0.1) is 0 Å². The van der Waals surface area contributed by atoms with Crippen LogP contribution in [0.15, 0.2) is 11.6 Å². The molecule has 0 aromatic heterocycles. The molecule has 4 aliphatic carbocycles. The Morgan fingerprint density at radius 2 is 1.96 bits per heavy atom. The number of fused-ring (bicyclic) bond motifs is 5. The Labute approximate surface area is 149 Å². The number of carboxylic acid groups (broad SMARTS) is 1. The quantitative estimate of drug-likeness (QED) is 0.816. The lowest BCUT2D eigenvalue weighted by molar-refractivity contribution is -0.145. The first kappa shape index (κ1) is 17.3. The van der Waals surface area contributed by atoms with Gasteiger partial charge in [-0.1, -0.05) is 12.5 Å². The standard InChI is InChI=1S/C21H30O4/c1-20-9-6-16-15-5-3-14(22)12-13(15)2-4-17(16)18(20)7-10-21(20,25)11-8-19(23)24/h12,15-18,25H,2-11H2,1H3,(H,23,24)/t15-,16-,17+,18+,20+,21+/m1/s1. The van der Waals surface area contributed by atoms with Crippen LogP contribution in [-0.2, 0) is 9.59 Å². The highest BCUT2D eigenvalue weighted by atomic mass is 16.4. The molecule has 2 N–H and O–H groups in total. The fourth-order valence-electron chi connectivity index (χ4n) is 7.02. The Morgan fingerprint density at radius 1 is 1.16 bits per heavy atom. The van der Waals surface area contributed by atoms with Crippen molar-refractivity contribution in [3.8, 4) is 0 Å². The van der Waals surface area contributed by atoms with Crippen molar-refractivity contribution >= 4 is 11.8 Å². The van der Waals surface area contributed by atoms with Crippen molar-refractivity contribution < 1.29 is 19.8 Å². The average Bonchev–Trinajstić information content (AvgIpc) is 2.84. The molecule has 4 rings (SSSR count). The first-order valence-corrected chi connectivity index (χ1v) is 10.0. The van der Waals surface area contributed by atoms with Crippen LogP contribution in [0, 0.1) is 29.1 Å². The normalized spacial score (nSPS) is 46.0. The van der Waals surface area contributed by atoms with Crippen molar-refractivity contribution in [3.63, 3.8) is 0 Å². The SMILES string of the molecule is C[C@]12CC[C@H]3[C@H](CCC4=CC(=O)CC[C@H]43)[C@@H]1CC[C@]2(O)CCC(=O)O. The van der Waals surface area contributed by atoms with Crippen LogP contribution >= 0.6 is 0 Å². The van der Waals surface area contributed by atoms with Gasteiger partial charge in [0.25, 0.3) is 0 Å². The highest BCUT2D eigenvalue weighted by Crippen LogP contribution is 2.65. The second-order valence-corrected chi connectivity index (χ2v) is 9.22. The minimum atomic E-state index is -0.820. The zero-order valence-electron chi connectivity index (χ0n) is 15.2. The van der Waals surface area contributed by atoms with Crippen LogP contribution in [0.2, 0.25) is 0 Å². The molecule has 3 saturated carbocycles. The van der Waals surface area contributed by atoms with Crippen LogP contribution in [-0.4, -0.2) is 27.6 Å². The lowest BCUT2D eigenvalue weighted by Gasteiger charge is -2.55. The van der Waals surface area contributed by atoms with Crippen LogP contribution in [0.5, 0.6) is 0 Å². The number of rotatable bonds is 3. The molecule has 25 heavy (non-hydrogen) atoms. The number of carbonyl (C=O) groups excluding carboxylic acids is 1. The van der Waals surface area contributed by atoms with E-state index in [1.807, 2.05) is 6.08 Å². The largest absolute Gasteiger partial charge is 0.481 e. The van der Waals surface area contributed by atoms with Crippen molar-refractivity contribution in [2.24, 2.45) is 29.1 Å². The van der Waals surface area contributed by atoms with Gasteiger partial charge in [-0.25, -0.2) is 0 Å². The van der Waals surface area contributed by atoms with Gasteiger partial charge in [-0.05, 0) is 86.5 Å². The summed E-state index contributed by atoms with van der Waals surface area (Å²) in [6.07, 6.45) is 10.1. The van der Waals surface area contributed by atoms with Crippen molar-refractivity contribution in [1.82, 2.24) is 0 Å². The third kappa shape index (κ3) is 2.59. The summed E-state index contributed by atoms with van der Waals surface area (Å²) in [5.41, 5.74) is 0.426. The Balaban J connectivity index is 1.57. The number of aliphatic carboxylic acids is 1. The van der Waals surface area contributed by atoms with Gasteiger partial charge >= 0.3 is 5.97 Å².